The highest BCUT2D eigenvalue weighted by atomic mass is 35.5. The second-order valence-corrected chi connectivity index (χ2v) is 9.94. The SMILES string of the molecule is O=C1N[C@@H]2S[C@H]3[C@H]4CC[C@H](C4)[C@@H]3[C@@H](c3ccc(Cl)cc3)[C@H]2S1. The Morgan fingerprint density at radius 3 is 2.68 bits per heavy atom. The molecule has 7 atom stereocenters. The van der Waals surface area contributed by atoms with Gasteiger partial charge in [-0.05, 0) is 54.7 Å². The summed E-state index contributed by atoms with van der Waals surface area (Å²) in [4.78, 5) is 12.0. The number of amides is 1. The van der Waals surface area contributed by atoms with Gasteiger partial charge in [0.15, 0.2) is 0 Å². The number of carbonyl (C=O) groups is 1. The third kappa shape index (κ3) is 1.99. The van der Waals surface area contributed by atoms with Crippen LogP contribution in [-0.4, -0.2) is 21.1 Å². The standard InChI is InChI=1S/C17H18ClNOS2/c18-11-5-3-8(4-6-11)12-13-9-1-2-10(7-9)14(13)21-16-15(12)22-17(20)19-16/h3-6,9-10,12-16H,1-2,7H2,(H,19,20)/t9-,10+,12-,13-,14+,15-,16-/m1/s1. The second kappa shape index (κ2) is 5.09. The maximum absolute atomic E-state index is 12.0. The van der Waals surface area contributed by atoms with E-state index in [1.165, 1.54) is 36.6 Å². The lowest BCUT2D eigenvalue weighted by atomic mass is 9.73. The molecule has 2 aliphatic heterocycles. The molecular weight excluding hydrogens is 334 g/mol. The Morgan fingerprint density at radius 2 is 1.86 bits per heavy atom. The van der Waals surface area contributed by atoms with E-state index in [0.717, 1.165) is 28.0 Å². The Kier molecular flexibility index (Phi) is 3.25. The largest absolute Gasteiger partial charge is 0.334 e. The van der Waals surface area contributed by atoms with Crippen LogP contribution < -0.4 is 5.32 Å². The Balaban J connectivity index is 1.58. The van der Waals surface area contributed by atoms with E-state index < -0.39 is 0 Å². The molecule has 5 rings (SSSR count). The predicted molar refractivity (Wildman–Crippen MR) is 93.6 cm³/mol. The van der Waals surface area contributed by atoms with Gasteiger partial charge in [-0.15, -0.1) is 11.8 Å². The molecule has 2 saturated heterocycles. The molecular formula is C17H18ClNOS2. The van der Waals surface area contributed by atoms with Crippen molar-refractivity contribution in [3.8, 4) is 0 Å². The van der Waals surface area contributed by atoms with Gasteiger partial charge in [-0.3, -0.25) is 4.79 Å². The highest BCUT2D eigenvalue weighted by molar-refractivity contribution is 8.15. The normalized spacial score (nSPS) is 45.5. The lowest BCUT2D eigenvalue weighted by Crippen LogP contribution is -2.46. The van der Waals surface area contributed by atoms with Gasteiger partial charge in [0.1, 0.15) is 0 Å². The summed E-state index contributed by atoms with van der Waals surface area (Å²) >= 11 is 9.67. The molecule has 0 aromatic heterocycles. The Labute approximate surface area is 144 Å². The van der Waals surface area contributed by atoms with E-state index in [4.69, 9.17) is 11.6 Å². The lowest BCUT2D eigenvalue weighted by molar-refractivity contribution is 0.257. The summed E-state index contributed by atoms with van der Waals surface area (Å²) in [5.74, 6) is 2.97. The van der Waals surface area contributed by atoms with Crippen LogP contribution in [0, 0.1) is 17.8 Å². The number of halogens is 1. The zero-order valence-electron chi connectivity index (χ0n) is 12.1. The molecule has 1 N–H and O–H groups in total. The summed E-state index contributed by atoms with van der Waals surface area (Å²) in [6, 6.07) is 8.38. The van der Waals surface area contributed by atoms with Gasteiger partial charge in [0.25, 0.3) is 5.24 Å². The van der Waals surface area contributed by atoms with Crippen LogP contribution in [0.4, 0.5) is 4.79 Å². The number of benzene rings is 1. The average molecular weight is 352 g/mol. The van der Waals surface area contributed by atoms with Gasteiger partial charge in [-0.2, -0.15) is 0 Å². The van der Waals surface area contributed by atoms with Crippen LogP contribution in [0.3, 0.4) is 0 Å². The summed E-state index contributed by atoms with van der Waals surface area (Å²) in [7, 11) is 0. The fourth-order valence-corrected chi connectivity index (χ4v) is 8.82. The van der Waals surface area contributed by atoms with Crippen molar-refractivity contribution < 1.29 is 4.79 Å². The van der Waals surface area contributed by atoms with E-state index in [1.807, 2.05) is 12.1 Å². The highest BCUT2D eigenvalue weighted by Crippen LogP contribution is 2.64. The van der Waals surface area contributed by atoms with Crippen molar-refractivity contribution in [2.75, 3.05) is 0 Å². The first kappa shape index (κ1) is 14.1. The molecule has 1 aromatic rings. The van der Waals surface area contributed by atoms with Gasteiger partial charge in [0, 0.05) is 16.2 Å². The maximum Gasteiger partial charge on any atom is 0.280 e. The molecule has 2 saturated carbocycles. The minimum atomic E-state index is 0.161. The lowest BCUT2D eigenvalue weighted by Gasteiger charge is -2.46. The molecule has 2 aliphatic carbocycles. The first-order valence-corrected chi connectivity index (χ1v) is 10.3. The summed E-state index contributed by atoms with van der Waals surface area (Å²) in [5.41, 5.74) is 1.38. The summed E-state index contributed by atoms with van der Waals surface area (Å²) in [6.07, 6.45) is 4.19. The van der Waals surface area contributed by atoms with Crippen LogP contribution in [0.2, 0.25) is 5.02 Å². The smallest absolute Gasteiger partial charge is 0.280 e. The average Bonchev–Trinajstić information content (AvgIpc) is 3.19. The van der Waals surface area contributed by atoms with Gasteiger partial charge < -0.3 is 5.32 Å². The van der Waals surface area contributed by atoms with E-state index in [9.17, 15) is 4.79 Å². The Morgan fingerprint density at radius 1 is 1.09 bits per heavy atom. The van der Waals surface area contributed by atoms with Crippen molar-refractivity contribution in [2.24, 2.45) is 17.8 Å². The zero-order chi connectivity index (χ0) is 14.8. The molecule has 4 fully saturated rings. The summed E-state index contributed by atoms with van der Waals surface area (Å²) in [5, 5.41) is 5.56. The zero-order valence-corrected chi connectivity index (χ0v) is 14.5. The molecule has 0 radical (unpaired) electrons. The molecule has 1 aromatic carbocycles. The minimum Gasteiger partial charge on any atom is -0.334 e. The molecule has 22 heavy (non-hydrogen) atoms. The van der Waals surface area contributed by atoms with Crippen molar-refractivity contribution in [3.05, 3.63) is 34.9 Å². The van der Waals surface area contributed by atoms with Gasteiger partial charge in [0.2, 0.25) is 0 Å². The molecule has 2 bridgehead atoms. The van der Waals surface area contributed by atoms with Gasteiger partial charge in [-0.25, -0.2) is 0 Å². The number of thioether (sulfide) groups is 2. The number of carbonyl (C=O) groups excluding carboxylic acids is 1. The van der Waals surface area contributed by atoms with Crippen LogP contribution in [0.25, 0.3) is 0 Å². The molecule has 4 aliphatic rings. The molecule has 0 unspecified atom stereocenters. The van der Waals surface area contributed by atoms with Crippen LogP contribution in [-0.2, 0) is 0 Å². The van der Waals surface area contributed by atoms with Crippen LogP contribution in [0.15, 0.2) is 24.3 Å². The number of nitrogens with one attached hydrogen (secondary N) is 1. The Hall–Kier alpha value is -0.320. The van der Waals surface area contributed by atoms with Crippen molar-refractivity contribution in [3.63, 3.8) is 0 Å². The van der Waals surface area contributed by atoms with Crippen molar-refractivity contribution in [1.29, 1.82) is 0 Å². The fourth-order valence-electron chi connectivity index (χ4n) is 5.26. The number of hydrogen-bond donors (Lipinski definition) is 1. The molecule has 1 amide bonds. The van der Waals surface area contributed by atoms with E-state index in [0.29, 0.717) is 16.5 Å². The molecule has 5 heteroatoms. The van der Waals surface area contributed by atoms with Gasteiger partial charge in [0.05, 0.1) is 10.6 Å². The second-order valence-electron chi connectivity index (χ2n) is 7.02. The van der Waals surface area contributed by atoms with E-state index in [1.54, 1.807) is 0 Å². The van der Waals surface area contributed by atoms with Crippen LogP contribution in [0.1, 0.15) is 30.7 Å². The monoisotopic (exact) mass is 351 g/mol. The van der Waals surface area contributed by atoms with E-state index in [-0.39, 0.29) is 5.24 Å². The summed E-state index contributed by atoms with van der Waals surface area (Å²) < 4.78 is 0. The Bertz CT molecular complexity index is 622. The number of rotatable bonds is 1. The predicted octanol–water partition coefficient (Wildman–Crippen LogP) is 4.74. The maximum atomic E-state index is 12.0. The third-order valence-corrected chi connectivity index (χ3v) is 9.34. The summed E-state index contributed by atoms with van der Waals surface area (Å²) in [6.45, 7) is 0. The number of hydrogen-bond acceptors (Lipinski definition) is 3. The fraction of sp³-hybridized carbons (Fsp3) is 0.588. The van der Waals surface area contributed by atoms with Gasteiger partial charge >= 0.3 is 0 Å². The third-order valence-electron chi connectivity index (χ3n) is 6.03. The molecule has 116 valence electrons. The molecule has 2 heterocycles. The van der Waals surface area contributed by atoms with Crippen molar-refractivity contribution in [1.82, 2.24) is 5.32 Å². The molecule has 2 nitrogen and oxygen atoms in total. The van der Waals surface area contributed by atoms with Crippen LogP contribution in [0.5, 0.6) is 0 Å². The minimum absolute atomic E-state index is 0.161. The van der Waals surface area contributed by atoms with Crippen LogP contribution >= 0.6 is 35.1 Å². The quantitative estimate of drug-likeness (QED) is 0.792. The van der Waals surface area contributed by atoms with Crippen molar-refractivity contribution in [2.45, 2.75) is 41.1 Å². The van der Waals surface area contributed by atoms with Gasteiger partial charge in [-0.1, -0.05) is 35.5 Å². The first-order valence-electron chi connectivity index (χ1n) is 8.09. The highest BCUT2D eigenvalue weighted by Gasteiger charge is 2.59. The van der Waals surface area contributed by atoms with E-state index >= 15 is 0 Å². The van der Waals surface area contributed by atoms with E-state index in [2.05, 4.69) is 29.2 Å². The van der Waals surface area contributed by atoms with Crippen molar-refractivity contribution >= 4 is 40.4 Å². The molecule has 0 spiro atoms. The topological polar surface area (TPSA) is 29.1 Å². The number of fused-ring (bicyclic) bond motifs is 6. The first-order chi connectivity index (χ1) is 10.7.